The zero-order valence-electron chi connectivity index (χ0n) is 10.3. The first-order valence-corrected chi connectivity index (χ1v) is 5.46. The monoisotopic (exact) mass is 296 g/mol. The SMILES string of the molecule is CC(C(=O)NCC(F)(F)F)C(N)c1ccccc1.Cl. The van der Waals surface area contributed by atoms with Gasteiger partial charge in [0.2, 0.25) is 5.91 Å². The van der Waals surface area contributed by atoms with E-state index in [2.05, 4.69) is 0 Å². The molecule has 19 heavy (non-hydrogen) atoms. The third-order valence-corrected chi connectivity index (χ3v) is 2.60. The third kappa shape index (κ3) is 5.94. The lowest BCUT2D eigenvalue weighted by atomic mass is 9.95. The third-order valence-electron chi connectivity index (χ3n) is 2.60. The van der Waals surface area contributed by atoms with Crippen LogP contribution in [0.2, 0.25) is 0 Å². The molecular formula is C12H16ClF3N2O. The van der Waals surface area contributed by atoms with Crippen LogP contribution in [0, 0.1) is 5.92 Å². The minimum absolute atomic E-state index is 0. The second kappa shape index (κ2) is 7.35. The summed E-state index contributed by atoms with van der Waals surface area (Å²) in [6, 6.07) is 8.16. The molecule has 0 saturated carbocycles. The Labute approximate surface area is 115 Å². The van der Waals surface area contributed by atoms with E-state index in [0.29, 0.717) is 5.56 Å². The average Bonchev–Trinajstić information content (AvgIpc) is 2.34. The molecule has 0 aliphatic carbocycles. The van der Waals surface area contributed by atoms with E-state index >= 15 is 0 Å². The van der Waals surface area contributed by atoms with Crippen molar-refractivity contribution >= 4 is 18.3 Å². The topological polar surface area (TPSA) is 55.1 Å². The van der Waals surface area contributed by atoms with Gasteiger partial charge in [-0.3, -0.25) is 4.79 Å². The van der Waals surface area contributed by atoms with E-state index in [0.717, 1.165) is 0 Å². The van der Waals surface area contributed by atoms with E-state index in [1.165, 1.54) is 6.92 Å². The van der Waals surface area contributed by atoms with Gasteiger partial charge in [-0.15, -0.1) is 12.4 Å². The Hall–Kier alpha value is -1.27. The number of alkyl halides is 3. The lowest BCUT2D eigenvalue weighted by Crippen LogP contribution is -2.40. The second-order valence-electron chi connectivity index (χ2n) is 4.06. The van der Waals surface area contributed by atoms with Crippen molar-refractivity contribution in [2.45, 2.75) is 19.1 Å². The van der Waals surface area contributed by atoms with Crippen LogP contribution >= 0.6 is 12.4 Å². The zero-order chi connectivity index (χ0) is 13.8. The molecule has 0 spiro atoms. The van der Waals surface area contributed by atoms with E-state index in [1.807, 2.05) is 5.32 Å². The molecule has 0 heterocycles. The Kier molecular flexibility index (Phi) is 6.86. The molecule has 3 N–H and O–H groups in total. The molecule has 0 saturated heterocycles. The van der Waals surface area contributed by atoms with Gasteiger partial charge in [0.15, 0.2) is 0 Å². The van der Waals surface area contributed by atoms with Gasteiger partial charge in [-0.2, -0.15) is 13.2 Å². The molecule has 1 rings (SSSR count). The van der Waals surface area contributed by atoms with Gasteiger partial charge in [0.1, 0.15) is 6.54 Å². The minimum Gasteiger partial charge on any atom is -0.347 e. The van der Waals surface area contributed by atoms with Gasteiger partial charge in [0.05, 0.1) is 5.92 Å². The van der Waals surface area contributed by atoms with Gasteiger partial charge in [0, 0.05) is 6.04 Å². The number of benzene rings is 1. The highest BCUT2D eigenvalue weighted by atomic mass is 35.5. The summed E-state index contributed by atoms with van der Waals surface area (Å²) < 4.78 is 35.9. The standard InChI is InChI=1S/C12H15F3N2O.ClH/c1-8(11(18)17-7-12(13,14)15)10(16)9-5-3-2-4-6-9;/h2-6,8,10H,7,16H2,1H3,(H,17,18);1H. The number of carbonyl (C=O) groups excluding carboxylic acids is 1. The highest BCUT2D eigenvalue weighted by Crippen LogP contribution is 2.19. The van der Waals surface area contributed by atoms with Crippen molar-refractivity contribution in [2.24, 2.45) is 11.7 Å². The maximum Gasteiger partial charge on any atom is 0.405 e. The van der Waals surface area contributed by atoms with Crippen LogP contribution in [0.4, 0.5) is 13.2 Å². The van der Waals surface area contributed by atoms with E-state index < -0.39 is 30.6 Å². The highest BCUT2D eigenvalue weighted by Gasteiger charge is 2.30. The predicted octanol–water partition coefficient (Wildman–Crippen LogP) is 2.42. The van der Waals surface area contributed by atoms with Crippen LogP contribution in [0.25, 0.3) is 0 Å². The molecule has 0 aromatic heterocycles. The second-order valence-corrected chi connectivity index (χ2v) is 4.06. The number of rotatable bonds is 4. The number of hydrogen-bond acceptors (Lipinski definition) is 2. The fourth-order valence-corrected chi connectivity index (χ4v) is 1.48. The summed E-state index contributed by atoms with van der Waals surface area (Å²) in [5, 5.41) is 1.83. The molecule has 0 aliphatic heterocycles. The molecule has 3 nitrogen and oxygen atoms in total. The number of carbonyl (C=O) groups is 1. The van der Waals surface area contributed by atoms with Gasteiger partial charge < -0.3 is 11.1 Å². The van der Waals surface area contributed by atoms with Crippen molar-refractivity contribution in [3.05, 3.63) is 35.9 Å². The van der Waals surface area contributed by atoms with Crippen molar-refractivity contribution in [2.75, 3.05) is 6.54 Å². The van der Waals surface area contributed by atoms with Crippen molar-refractivity contribution in [3.8, 4) is 0 Å². The van der Waals surface area contributed by atoms with Crippen LogP contribution in [-0.4, -0.2) is 18.6 Å². The summed E-state index contributed by atoms with van der Waals surface area (Å²) >= 11 is 0. The number of hydrogen-bond donors (Lipinski definition) is 2. The Morgan fingerprint density at radius 3 is 2.32 bits per heavy atom. The van der Waals surface area contributed by atoms with E-state index in [-0.39, 0.29) is 12.4 Å². The lowest BCUT2D eigenvalue weighted by molar-refractivity contribution is -0.140. The van der Waals surface area contributed by atoms with E-state index in [4.69, 9.17) is 5.73 Å². The van der Waals surface area contributed by atoms with Gasteiger partial charge in [-0.05, 0) is 5.56 Å². The maximum atomic E-state index is 12.0. The predicted molar refractivity (Wildman–Crippen MR) is 68.8 cm³/mol. The first kappa shape index (κ1) is 17.7. The number of nitrogens with one attached hydrogen (secondary N) is 1. The summed E-state index contributed by atoms with van der Waals surface area (Å²) in [6.07, 6.45) is -4.41. The van der Waals surface area contributed by atoms with Crippen LogP contribution < -0.4 is 11.1 Å². The number of amides is 1. The summed E-state index contributed by atoms with van der Waals surface area (Å²) in [7, 11) is 0. The summed E-state index contributed by atoms with van der Waals surface area (Å²) in [5.41, 5.74) is 6.55. The molecule has 2 unspecified atom stereocenters. The quantitative estimate of drug-likeness (QED) is 0.896. The van der Waals surface area contributed by atoms with Crippen molar-refractivity contribution < 1.29 is 18.0 Å². The molecule has 108 valence electrons. The zero-order valence-corrected chi connectivity index (χ0v) is 11.1. The Balaban J connectivity index is 0.00000324. The van der Waals surface area contributed by atoms with Crippen molar-refractivity contribution in [1.29, 1.82) is 0 Å². The summed E-state index contributed by atoms with van der Waals surface area (Å²) in [5.74, 6) is -1.43. The molecular weight excluding hydrogens is 281 g/mol. The lowest BCUT2D eigenvalue weighted by Gasteiger charge is -2.20. The fraction of sp³-hybridized carbons (Fsp3) is 0.417. The smallest absolute Gasteiger partial charge is 0.347 e. The average molecular weight is 297 g/mol. The Morgan fingerprint density at radius 1 is 1.32 bits per heavy atom. The largest absolute Gasteiger partial charge is 0.405 e. The maximum absolute atomic E-state index is 12.0. The Bertz CT molecular complexity index is 398. The van der Waals surface area contributed by atoms with Gasteiger partial charge in [-0.1, -0.05) is 37.3 Å². The fourth-order valence-electron chi connectivity index (χ4n) is 1.48. The van der Waals surface area contributed by atoms with Gasteiger partial charge in [0.25, 0.3) is 0 Å². The van der Waals surface area contributed by atoms with Crippen molar-refractivity contribution in [3.63, 3.8) is 0 Å². The number of halogens is 4. The molecule has 7 heteroatoms. The van der Waals surface area contributed by atoms with Gasteiger partial charge in [-0.25, -0.2) is 0 Å². The molecule has 0 aliphatic rings. The molecule has 0 fully saturated rings. The minimum atomic E-state index is -4.41. The molecule has 0 radical (unpaired) electrons. The van der Waals surface area contributed by atoms with Gasteiger partial charge >= 0.3 is 6.18 Å². The highest BCUT2D eigenvalue weighted by molar-refractivity contribution is 5.85. The van der Waals surface area contributed by atoms with Crippen LogP contribution in [0.1, 0.15) is 18.5 Å². The summed E-state index contributed by atoms with van der Waals surface area (Å²) in [6.45, 7) is 0.168. The summed E-state index contributed by atoms with van der Waals surface area (Å²) in [4.78, 5) is 11.5. The first-order valence-electron chi connectivity index (χ1n) is 5.46. The normalized spacial score (nSPS) is 14.2. The van der Waals surface area contributed by atoms with Crippen LogP contribution in [-0.2, 0) is 4.79 Å². The van der Waals surface area contributed by atoms with E-state index in [9.17, 15) is 18.0 Å². The molecule has 1 aromatic carbocycles. The molecule has 0 bridgehead atoms. The van der Waals surface area contributed by atoms with Crippen LogP contribution in [0.3, 0.4) is 0 Å². The van der Waals surface area contributed by atoms with E-state index in [1.54, 1.807) is 30.3 Å². The molecule has 2 atom stereocenters. The molecule has 1 aromatic rings. The Morgan fingerprint density at radius 2 is 1.84 bits per heavy atom. The first-order chi connectivity index (χ1) is 8.31. The van der Waals surface area contributed by atoms with Crippen LogP contribution in [0.15, 0.2) is 30.3 Å². The van der Waals surface area contributed by atoms with Crippen LogP contribution in [0.5, 0.6) is 0 Å². The number of nitrogens with two attached hydrogens (primary N) is 1. The molecule has 1 amide bonds. The van der Waals surface area contributed by atoms with Crippen molar-refractivity contribution in [1.82, 2.24) is 5.32 Å².